The van der Waals surface area contributed by atoms with Gasteiger partial charge in [-0.05, 0) is 68.5 Å². The zero-order chi connectivity index (χ0) is 22.1. The van der Waals surface area contributed by atoms with Crippen molar-refractivity contribution in [2.24, 2.45) is 5.92 Å². The van der Waals surface area contributed by atoms with Crippen molar-refractivity contribution >= 4 is 34.2 Å². The topological polar surface area (TPSA) is 52.2 Å². The van der Waals surface area contributed by atoms with Gasteiger partial charge in [0, 0.05) is 43.3 Å². The van der Waals surface area contributed by atoms with E-state index in [2.05, 4.69) is 46.0 Å². The Morgan fingerprint density at radius 1 is 1.00 bits per heavy atom. The van der Waals surface area contributed by atoms with Gasteiger partial charge in [-0.15, -0.1) is 0 Å². The number of piperidine rings is 1. The number of anilines is 1. The third-order valence-electron chi connectivity index (χ3n) is 6.97. The van der Waals surface area contributed by atoms with Crippen LogP contribution in [0.2, 0.25) is 5.02 Å². The number of hydrogen-bond acceptors (Lipinski definition) is 3. The van der Waals surface area contributed by atoms with Crippen LogP contribution in [0.4, 0.5) is 5.69 Å². The number of rotatable bonds is 3. The molecule has 2 aliphatic rings. The van der Waals surface area contributed by atoms with Gasteiger partial charge in [-0.1, -0.05) is 30.5 Å². The lowest BCUT2D eigenvalue weighted by Crippen LogP contribution is -2.43. The van der Waals surface area contributed by atoms with Crippen LogP contribution in [0.3, 0.4) is 0 Å². The van der Waals surface area contributed by atoms with E-state index in [1.807, 2.05) is 12.1 Å². The Labute approximate surface area is 194 Å². The summed E-state index contributed by atoms with van der Waals surface area (Å²) in [7, 11) is 0. The van der Waals surface area contributed by atoms with Crippen molar-refractivity contribution in [3.63, 3.8) is 0 Å². The number of nitrogens with zero attached hydrogens (tertiary/aromatic N) is 3. The van der Waals surface area contributed by atoms with Crippen LogP contribution in [-0.4, -0.2) is 47.0 Å². The minimum Gasteiger partial charge on any atom is -0.371 e. The third-order valence-corrected chi connectivity index (χ3v) is 7.30. The molecule has 0 radical (unpaired) electrons. The molecule has 1 amide bonds. The molecule has 2 saturated heterocycles. The Hall–Kier alpha value is -2.53. The van der Waals surface area contributed by atoms with Gasteiger partial charge in [-0.2, -0.15) is 0 Å². The van der Waals surface area contributed by atoms with Crippen molar-refractivity contribution in [3.8, 4) is 11.4 Å². The molecule has 0 saturated carbocycles. The van der Waals surface area contributed by atoms with Crippen molar-refractivity contribution < 1.29 is 4.79 Å². The molecule has 3 aromatic rings. The second-order valence-electron chi connectivity index (χ2n) is 9.27. The predicted octanol–water partition coefficient (Wildman–Crippen LogP) is 5.81. The van der Waals surface area contributed by atoms with E-state index in [0.717, 1.165) is 80.0 Å². The van der Waals surface area contributed by atoms with Crippen molar-refractivity contribution in [2.45, 2.75) is 45.4 Å². The highest BCUT2D eigenvalue weighted by Gasteiger charge is 2.29. The highest BCUT2D eigenvalue weighted by Crippen LogP contribution is 2.33. The molecule has 1 N–H and O–H groups in total. The minimum atomic E-state index is 0.162. The van der Waals surface area contributed by atoms with E-state index < -0.39 is 0 Å². The monoisotopic (exact) mass is 450 g/mol. The number of nitrogens with one attached hydrogen (secondary N) is 1. The van der Waals surface area contributed by atoms with Gasteiger partial charge in [0.15, 0.2) is 0 Å². The first-order valence-electron chi connectivity index (χ1n) is 11.9. The number of fused-ring (bicyclic) bond motifs is 1. The minimum absolute atomic E-state index is 0.162. The third kappa shape index (κ3) is 4.36. The van der Waals surface area contributed by atoms with Crippen LogP contribution < -0.4 is 4.90 Å². The van der Waals surface area contributed by atoms with Crippen LogP contribution in [0.1, 0.15) is 44.1 Å². The first-order chi connectivity index (χ1) is 15.6. The van der Waals surface area contributed by atoms with Crippen molar-refractivity contribution in [1.82, 2.24) is 14.9 Å². The molecular formula is C26H31ClN4O. The number of benzene rings is 2. The normalized spacial score (nSPS) is 18.2. The molecular weight excluding hydrogens is 420 g/mol. The number of aromatic nitrogens is 2. The zero-order valence-corrected chi connectivity index (χ0v) is 19.5. The van der Waals surface area contributed by atoms with Gasteiger partial charge < -0.3 is 14.8 Å². The average Bonchev–Trinajstić information content (AvgIpc) is 3.03. The van der Waals surface area contributed by atoms with Crippen LogP contribution >= 0.6 is 11.6 Å². The zero-order valence-electron chi connectivity index (χ0n) is 18.7. The van der Waals surface area contributed by atoms with E-state index in [1.165, 1.54) is 18.4 Å². The van der Waals surface area contributed by atoms with E-state index in [0.29, 0.717) is 10.9 Å². The molecule has 5 rings (SSSR count). The lowest BCUT2D eigenvalue weighted by molar-refractivity contribution is -0.136. The van der Waals surface area contributed by atoms with Crippen LogP contribution in [0, 0.1) is 12.8 Å². The number of halogens is 1. The molecule has 6 heteroatoms. The smallest absolute Gasteiger partial charge is 0.225 e. The Morgan fingerprint density at radius 2 is 1.75 bits per heavy atom. The molecule has 0 unspecified atom stereocenters. The number of hydrogen-bond donors (Lipinski definition) is 1. The van der Waals surface area contributed by atoms with Crippen LogP contribution in [0.25, 0.3) is 22.4 Å². The lowest BCUT2D eigenvalue weighted by atomic mass is 9.94. The van der Waals surface area contributed by atoms with Crippen LogP contribution in [-0.2, 0) is 4.79 Å². The van der Waals surface area contributed by atoms with Gasteiger partial charge >= 0.3 is 0 Å². The first-order valence-corrected chi connectivity index (χ1v) is 12.3. The number of aromatic amines is 1. The molecule has 0 spiro atoms. The Bertz CT molecular complexity index is 1110. The standard InChI is InChI=1S/C26H31ClN4O/c1-18-6-9-23-24(16-18)29-25(28-23)21-17-20(7-8-22(21)27)30-14-10-19(11-15-30)26(32)31-12-4-2-3-5-13-31/h6-9,16-17,19H,2-5,10-15H2,1H3,(H,28,29). The molecule has 5 nitrogen and oxygen atoms in total. The Morgan fingerprint density at radius 3 is 2.50 bits per heavy atom. The summed E-state index contributed by atoms with van der Waals surface area (Å²) in [6.07, 6.45) is 6.64. The van der Waals surface area contributed by atoms with Crippen molar-refractivity contribution in [1.29, 1.82) is 0 Å². The molecule has 0 aliphatic carbocycles. The summed E-state index contributed by atoms with van der Waals surface area (Å²) in [5, 5.41) is 0.691. The highest BCUT2D eigenvalue weighted by atomic mass is 35.5. The summed E-state index contributed by atoms with van der Waals surface area (Å²) in [6.45, 7) is 5.75. The highest BCUT2D eigenvalue weighted by molar-refractivity contribution is 6.33. The summed E-state index contributed by atoms with van der Waals surface area (Å²) in [6, 6.07) is 12.4. The second-order valence-corrected chi connectivity index (χ2v) is 9.68. The number of carbonyl (C=O) groups is 1. The number of carbonyl (C=O) groups excluding carboxylic acids is 1. The number of aryl methyl sites for hydroxylation is 1. The van der Waals surface area contributed by atoms with E-state index in [4.69, 9.17) is 16.6 Å². The van der Waals surface area contributed by atoms with Gasteiger partial charge in [0.05, 0.1) is 16.1 Å². The number of amides is 1. The molecule has 2 aromatic carbocycles. The first kappa shape index (κ1) is 21.3. The number of imidazole rings is 1. The van der Waals surface area contributed by atoms with Crippen LogP contribution in [0.15, 0.2) is 36.4 Å². The van der Waals surface area contributed by atoms with E-state index in [1.54, 1.807) is 0 Å². The quantitative estimate of drug-likeness (QED) is 0.547. The number of likely N-dealkylation sites (tertiary alicyclic amines) is 1. The number of H-pyrrole nitrogens is 1. The molecule has 1 aromatic heterocycles. The SMILES string of the molecule is Cc1ccc2nc(-c3cc(N4CCC(C(=O)N5CCCCCC5)CC4)ccc3Cl)[nH]c2c1. The lowest BCUT2D eigenvalue weighted by Gasteiger charge is -2.35. The molecule has 3 heterocycles. The van der Waals surface area contributed by atoms with Crippen molar-refractivity contribution in [2.75, 3.05) is 31.1 Å². The van der Waals surface area contributed by atoms with Gasteiger partial charge in [0.1, 0.15) is 5.82 Å². The molecule has 0 bridgehead atoms. The summed E-state index contributed by atoms with van der Waals surface area (Å²) in [4.78, 5) is 25.7. The van der Waals surface area contributed by atoms with E-state index in [-0.39, 0.29) is 5.92 Å². The van der Waals surface area contributed by atoms with Crippen LogP contribution in [0.5, 0.6) is 0 Å². The Kier molecular flexibility index (Phi) is 6.09. The molecule has 0 atom stereocenters. The van der Waals surface area contributed by atoms with Gasteiger partial charge in [-0.25, -0.2) is 4.98 Å². The van der Waals surface area contributed by atoms with E-state index in [9.17, 15) is 4.79 Å². The van der Waals surface area contributed by atoms with Gasteiger partial charge in [-0.3, -0.25) is 4.79 Å². The molecule has 2 aliphatic heterocycles. The summed E-state index contributed by atoms with van der Waals surface area (Å²) < 4.78 is 0. The van der Waals surface area contributed by atoms with Crippen molar-refractivity contribution in [3.05, 3.63) is 47.0 Å². The fraction of sp³-hybridized carbons (Fsp3) is 0.462. The largest absolute Gasteiger partial charge is 0.371 e. The maximum Gasteiger partial charge on any atom is 0.225 e. The van der Waals surface area contributed by atoms with Gasteiger partial charge in [0.2, 0.25) is 5.91 Å². The molecule has 168 valence electrons. The Balaban J connectivity index is 1.30. The van der Waals surface area contributed by atoms with E-state index >= 15 is 0 Å². The second kappa shape index (κ2) is 9.14. The summed E-state index contributed by atoms with van der Waals surface area (Å²) in [5.74, 6) is 1.33. The summed E-state index contributed by atoms with van der Waals surface area (Å²) in [5.41, 5.74) is 5.22. The van der Waals surface area contributed by atoms with Gasteiger partial charge in [0.25, 0.3) is 0 Å². The molecule has 2 fully saturated rings. The summed E-state index contributed by atoms with van der Waals surface area (Å²) >= 11 is 6.56. The molecule has 32 heavy (non-hydrogen) atoms. The maximum atomic E-state index is 13.0. The average molecular weight is 451 g/mol. The predicted molar refractivity (Wildman–Crippen MR) is 131 cm³/mol. The fourth-order valence-electron chi connectivity index (χ4n) is 5.08. The fourth-order valence-corrected chi connectivity index (χ4v) is 5.28. The maximum absolute atomic E-state index is 13.0.